The van der Waals surface area contributed by atoms with Crippen molar-refractivity contribution in [1.29, 1.82) is 0 Å². The minimum atomic E-state index is -0.135. The van der Waals surface area contributed by atoms with Crippen molar-refractivity contribution in [2.24, 2.45) is 17.8 Å². The van der Waals surface area contributed by atoms with E-state index in [1.165, 1.54) is 25.7 Å². The van der Waals surface area contributed by atoms with E-state index in [-0.39, 0.29) is 12.7 Å². The molecule has 1 saturated carbocycles. The molecule has 0 aromatic heterocycles. The van der Waals surface area contributed by atoms with Crippen LogP contribution in [0.15, 0.2) is 0 Å². The molecular weight excluding hydrogens is 212 g/mol. The molecule has 2 heteroatoms. The van der Waals surface area contributed by atoms with Crippen LogP contribution in [0.4, 0.5) is 0 Å². The lowest BCUT2D eigenvalue weighted by Gasteiger charge is -2.33. The Labute approximate surface area is 106 Å². The van der Waals surface area contributed by atoms with Gasteiger partial charge < -0.3 is 10.2 Å². The monoisotopic (exact) mass is 242 g/mol. The van der Waals surface area contributed by atoms with Gasteiger partial charge in [0, 0.05) is 6.61 Å². The third-order valence-corrected chi connectivity index (χ3v) is 4.49. The largest absolute Gasteiger partial charge is 0.396 e. The van der Waals surface area contributed by atoms with E-state index in [0.717, 1.165) is 37.5 Å². The number of aliphatic hydroxyl groups is 2. The molecule has 1 fully saturated rings. The van der Waals surface area contributed by atoms with Crippen LogP contribution in [-0.4, -0.2) is 22.9 Å². The minimum absolute atomic E-state index is 0.135. The Kier molecular flexibility index (Phi) is 7.14. The van der Waals surface area contributed by atoms with Crippen molar-refractivity contribution in [2.45, 2.75) is 71.3 Å². The lowest BCUT2D eigenvalue weighted by molar-refractivity contribution is 0.0524. The van der Waals surface area contributed by atoms with Gasteiger partial charge in [-0.05, 0) is 37.0 Å². The summed E-state index contributed by atoms with van der Waals surface area (Å²) < 4.78 is 0. The minimum Gasteiger partial charge on any atom is -0.396 e. The van der Waals surface area contributed by atoms with E-state index < -0.39 is 0 Å². The fourth-order valence-electron chi connectivity index (χ4n) is 3.18. The Morgan fingerprint density at radius 1 is 1.18 bits per heavy atom. The van der Waals surface area contributed by atoms with Gasteiger partial charge in [0.15, 0.2) is 0 Å². The maximum atomic E-state index is 10.2. The fraction of sp³-hybridized carbons (Fsp3) is 1.00. The molecule has 0 aromatic rings. The van der Waals surface area contributed by atoms with Gasteiger partial charge in [0.25, 0.3) is 0 Å². The summed E-state index contributed by atoms with van der Waals surface area (Å²) in [6.45, 7) is 4.84. The molecule has 0 bridgehead atoms. The summed E-state index contributed by atoms with van der Waals surface area (Å²) in [7, 11) is 0. The molecule has 2 nitrogen and oxygen atoms in total. The molecule has 2 N–H and O–H groups in total. The van der Waals surface area contributed by atoms with Crippen LogP contribution in [0.3, 0.4) is 0 Å². The Balaban J connectivity index is 2.22. The summed E-state index contributed by atoms with van der Waals surface area (Å²) in [6, 6.07) is 0. The van der Waals surface area contributed by atoms with Gasteiger partial charge in [-0.2, -0.15) is 0 Å². The zero-order valence-corrected chi connectivity index (χ0v) is 11.6. The van der Waals surface area contributed by atoms with Crippen molar-refractivity contribution in [2.75, 3.05) is 6.61 Å². The highest BCUT2D eigenvalue weighted by molar-refractivity contribution is 4.78. The van der Waals surface area contributed by atoms with Crippen LogP contribution in [0.25, 0.3) is 0 Å². The van der Waals surface area contributed by atoms with Crippen LogP contribution < -0.4 is 0 Å². The highest BCUT2D eigenvalue weighted by Crippen LogP contribution is 2.35. The van der Waals surface area contributed by atoms with Crippen LogP contribution in [0.1, 0.15) is 65.2 Å². The Hall–Kier alpha value is -0.0800. The second-order valence-corrected chi connectivity index (χ2v) is 6.03. The quantitative estimate of drug-likeness (QED) is 0.672. The summed E-state index contributed by atoms with van der Waals surface area (Å²) in [5.41, 5.74) is 0. The van der Waals surface area contributed by atoms with Crippen LogP contribution in [0, 0.1) is 17.8 Å². The molecule has 0 saturated heterocycles. The van der Waals surface area contributed by atoms with Crippen molar-refractivity contribution in [3.63, 3.8) is 0 Å². The Morgan fingerprint density at radius 2 is 1.94 bits per heavy atom. The third kappa shape index (κ3) is 5.39. The molecule has 4 atom stereocenters. The predicted molar refractivity (Wildman–Crippen MR) is 71.8 cm³/mol. The van der Waals surface area contributed by atoms with Gasteiger partial charge in [-0.15, -0.1) is 0 Å². The number of rotatable bonds is 7. The molecule has 0 radical (unpaired) electrons. The number of aliphatic hydroxyl groups excluding tert-OH is 2. The fourth-order valence-corrected chi connectivity index (χ4v) is 3.18. The van der Waals surface area contributed by atoms with Gasteiger partial charge in [0.1, 0.15) is 0 Å². The smallest absolute Gasteiger partial charge is 0.0568 e. The standard InChI is InChI=1S/C15H30O2/c1-12-7-6-8-14(11-12)13(2)15(17)9-4-3-5-10-16/h12-17H,3-11H2,1-2H3/t12?,13?,14-,15?/m0/s1. The van der Waals surface area contributed by atoms with Crippen molar-refractivity contribution in [3.8, 4) is 0 Å². The topological polar surface area (TPSA) is 40.5 Å². The SMILES string of the molecule is CC1CCC[C@H](C(C)C(O)CCCCCO)C1. The van der Waals surface area contributed by atoms with E-state index in [0.29, 0.717) is 5.92 Å². The summed E-state index contributed by atoms with van der Waals surface area (Å²) >= 11 is 0. The first kappa shape index (κ1) is 15.0. The van der Waals surface area contributed by atoms with Gasteiger partial charge in [-0.3, -0.25) is 0 Å². The van der Waals surface area contributed by atoms with Crippen LogP contribution in [0.5, 0.6) is 0 Å². The normalized spacial score (nSPS) is 28.9. The van der Waals surface area contributed by atoms with Crippen LogP contribution in [0.2, 0.25) is 0 Å². The summed E-state index contributed by atoms with van der Waals surface area (Å²) in [5.74, 6) is 2.02. The van der Waals surface area contributed by atoms with Gasteiger partial charge in [0.2, 0.25) is 0 Å². The van der Waals surface area contributed by atoms with Crippen LogP contribution in [-0.2, 0) is 0 Å². The number of unbranched alkanes of at least 4 members (excludes halogenated alkanes) is 2. The first-order chi connectivity index (χ1) is 8.15. The van der Waals surface area contributed by atoms with E-state index in [4.69, 9.17) is 5.11 Å². The average molecular weight is 242 g/mol. The molecule has 102 valence electrons. The van der Waals surface area contributed by atoms with E-state index >= 15 is 0 Å². The van der Waals surface area contributed by atoms with Gasteiger partial charge in [-0.25, -0.2) is 0 Å². The molecule has 0 spiro atoms. The van der Waals surface area contributed by atoms with Crippen molar-refractivity contribution >= 4 is 0 Å². The third-order valence-electron chi connectivity index (χ3n) is 4.49. The van der Waals surface area contributed by atoms with Crippen molar-refractivity contribution in [1.82, 2.24) is 0 Å². The molecule has 0 amide bonds. The van der Waals surface area contributed by atoms with E-state index in [9.17, 15) is 5.11 Å². The second kappa shape index (κ2) is 8.10. The first-order valence-electron chi connectivity index (χ1n) is 7.44. The number of hydrogen-bond acceptors (Lipinski definition) is 2. The van der Waals surface area contributed by atoms with Crippen molar-refractivity contribution < 1.29 is 10.2 Å². The van der Waals surface area contributed by atoms with Gasteiger partial charge in [-0.1, -0.05) is 46.0 Å². The maximum absolute atomic E-state index is 10.2. The zero-order chi connectivity index (χ0) is 12.7. The summed E-state index contributed by atoms with van der Waals surface area (Å²) in [6.07, 6.45) is 9.06. The highest BCUT2D eigenvalue weighted by Gasteiger charge is 2.27. The molecule has 0 heterocycles. The molecule has 0 aliphatic heterocycles. The van der Waals surface area contributed by atoms with Gasteiger partial charge >= 0.3 is 0 Å². The van der Waals surface area contributed by atoms with Crippen LogP contribution >= 0.6 is 0 Å². The molecule has 1 rings (SSSR count). The number of hydrogen-bond donors (Lipinski definition) is 2. The molecule has 0 aromatic carbocycles. The molecular formula is C15H30O2. The van der Waals surface area contributed by atoms with E-state index in [2.05, 4.69) is 13.8 Å². The molecule has 3 unspecified atom stereocenters. The summed E-state index contributed by atoms with van der Waals surface area (Å²) in [5, 5.41) is 18.9. The van der Waals surface area contributed by atoms with Gasteiger partial charge in [0.05, 0.1) is 6.10 Å². The van der Waals surface area contributed by atoms with Crippen molar-refractivity contribution in [3.05, 3.63) is 0 Å². The Morgan fingerprint density at radius 3 is 2.59 bits per heavy atom. The molecule has 17 heavy (non-hydrogen) atoms. The zero-order valence-electron chi connectivity index (χ0n) is 11.6. The molecule has 1 aliphatic rings. The summed E-state index contributed by atoms with van der Waals surface area (Å²) in [4.78, 5) is 0. The second-order valence-electron chi connectivity index (χ2n) is 6.03. The van der Waals surface area contributed by atoms with E-state index in [1.807, 2.05) is 0 Å². The maximum Gasteiger partial charge on any atom is 0.0568 e. The van der Waals surface area contributed by atoms with E-state index in [1.54, 1.807) is 0 Å². The predicted octanol–water partition coefficient (Wildman–Crippen LogP) is 3.36. The highest BCUT2D eigenvalue weighted by atomic mass is 16.3. The lowest BCUT2D eigenvalue weighted by atomic mass is 9.74. The average Bonchev–Trinajstić information content (AvgIpc) is 2.33. The molecule has 1 aliphatic carbocycles. The Bertz CT molecular complexity index is 193. The lowest BCUT2D eigenvalue weighted by Crippen LogP contribution is -2.29. The first-order valence-corrected chi connectivity index (χ1v) is 7.44.